The first-order valence-corrected chi connectivity index (χ1v) is 12.3. The highest BCUT2D eigenvalue weighted by atomic mass is 32.2. The molecule has 2 aromatic heterocycles. The largest absolute Gasteiger partial charge is 0.431 e. The van der Waals surface area contributed by atoms with Gasteiger partial charge in [0.05, 0.1) is 16.1 Å². The van der Waals surface area contributed by atoms with Crippen molar-refractivity contribution in [1.29, 1.82) is 0 Å². The number of hydrogen-bond acceptors (Lipinski definition) is 6. The van der Waals surface area contributed by atoms with Gasteiger partial charge in [0.25, 0.3) is 11.5 Å². The zero-order valence-corrected chi connectivity index (χ0v) is 19.8. The third kappa shape index (κ3) is 4.06. The molecule has 180 valence electrons. The fraction of sp³-hybridized carbons (Fsp3) is 0.217. The Morgan fingerprint density at radius 2 is 1.83 bits per heavy atom. The highest BCUT2D eigenvalue weighted by molar-refractivity contribution is 7.99. The second-order valence-electron chi connectivity index (χ2n) is 7.88. The first-order valence-electron chi connectivity index (χ1n) is 10.4. The maximum absolute atomic E-state index is 13.2. The number of hydrogen-bond donors (Lipinski definition) is 0. The number of aromatic nitrogens is 3. The van der Waals surface area contributed by atoms with Crippen LogP contribution in [0.2, 0.25) is 0 Å². The van der Waals surface area contributed by atoms with Crippen LogP contribution in [-0.4, -0.2) is 36.6 Å². The molecule has 7 nitrogen and oxygen atoms in total. The molecule has 0 N–H and O–H groups in total. The molecule has 0 spiro atoms. The van der Waals surface area contributed by atoms with Gasteiger partial charge in [-0.1, -0.05) is 18.2 Å². The molecular weight excluding hydrogens is 501 g/mol. The minimum atomic E-state index is -4.84. The molecule has 1 unspecified atom stereocenters. The summed E-state index contributed by atoms with van der Waals surface area (Å²) >= 11 is 2.76. The predicted octanol–water partition coefficient (Wildman–Crippen LogP) is 4.05. The van der Waals surface area contributed by atoms with E-state index in [1.54, 1.807) is 53.1 Å². The normalized spacial score (nSPS) is 16.2. The number of carbonyl (C=O) groups excluding carboxylic acids is 1. The number of fused-ring (bicyclic) bond motifs is 1. The molecule has 1 amide bonds. The topological polar surface area (TPSA) is 77.2 Å². The lowest BCUT2D eigenvalue weighted by molar-refractivity contribution is -0.144. The van der Waals surface area contributed by atoms with E-state index >= 15 is 0 Å². The van der Waals surface area contributed by atoms with Crippen LogP contribution in [0.25, 0.3) is 15.8 Å². The quantitative estimate of drug-likeness (QED) is 0.409. The molecule has 1 fully saturated rings. The summed E-state index contributed by atoms with van der Waals surface area (Å²) in [6.45, 7) is 0.528. The maximum atomic E-state index is 13.2. The summed E-state index contributed by atoms with van der Waals surface area (Å²) < 4.78 is 46.1. The molecule has 1 saturated heterocycles. The average molecular weight is 519 g/mol. The van der Waals surface area contributed by atoms with Crippen molar-refractivity contribution in [1.82, 2.24) is 18.4 Å². The van der Waals surface area contributed by atoms with E-state index < -0.39 is 23.1 Å². The van der Waals surface area contributed by atoms with Gasteiger partial charge >= 0.3 is 11.9 Å². The second kappa shape index (κ2) is 8.68. The van der Waals surface area contributed by atoms with Crippen molar-refractivity contribution in [2.75, 3.05) is 12.3 Å². The van der Waals surface area contributed by atoms with Crippen molar-refractivity contribution in [2.45, 2.75) is 11.6 Å². The summed E-state index contributed by atoms with van der Waals surface area (Å²) in [5, 5.41) is 0.255. The molecule has 2 aromatic carbocycles. The Morgan fingerprint density at radius 3 is 2.54 bits per heavy atom. The summed E-state index contributed by atoms with van der Waals surface area (Å²) in [5.74, 6) is 0.576. The van der Waals surface area contributed by atoms with Crippen molar-refractivity contribution in [3.05, 3.63) is 92.4 Å². The van der Waals surface area contributed by atoms with E-state index in [0.29, 0.717) is 44.1 Å². The summed E-state index contributed by atoms with van der Waals surface area (Å²) in [7, 11) is 0.972. The number of alkyl halides is 3. The fourth-order valence-electron chi connectivity index (χ4n) is 4.05. The minimum Gasteiger partial charge on any atom is -0.320 e. The van der Waals surface area contributed by atoms with Gasteiger partial charge in [0.1, 0.15) is 11.1 Å². The van der Waals surface area contributed by atoms with E-state index in [1.807, 2.05) is 6.07 Å². The maximum Gasteiger partial charge on any atom is 0.431 e. The van der Waals surface area contributed by atoms with Crippen LogP contribution >= 0.6 is 23.3 Å². The van der Waals surface area contributed by atoms with Crippen LogP contribution in [0.5, 0.6) is 0 Å². The first kappa shape index (κ1) is 23.4. The number of benzene rings is 2. The Hall–Kier alpha value is -3.38. The molecule has 0 radical (unpaired) electrons. The lowest BCUT2D eigenvalue weighted by Gasteiger charge is -2.23. The minimum absolute atomic E-state index is 0.127. The van der Waals surface area contributed by atoms with Crippen LogP contribution in [0.15, 0.2) is 64.2 Å². The van der Waals surface area contributed by atoms with Crippen molar-refractivity contribution >= 4 is 39.3 Å². The molecule has 1 atom stereocenters. The number of amides is 1. The number of rotatable bonds is 3. The van der Waals surface area contributed by atoms with Crippen molar-refractivity contribution in [3.63, 3.8) is 0 Å². The van der Waals surface area contributed by atoms with Crippen molar-refractivity contribution < 1.29 is 18.0 Å². The molecule has 4 aromatic rings. The summed E-state index contributed by atoms with van der Waals surface area (Å²) in [6, 6.07) is 14.0. The fourth-order valence-corrected chi connectivity index (χ4v) is 6.15. The van der Waals surface area contributed by atoms with E-state index in [0.717, 1.165) is 11.7 Å². The molecule has 35 heavy (non-hydrogen) atoms. The molecular formula is C23H17F3N4O3S2. The average Bonchev–Trinajstić information content (AvgIpc) is 3.47. The van der Waals surface area contributed by atoms with Gasteiger partial charge in [-0.3, -0.25) is 14.2 Å². The van der Waals surface area contributed by atoms with Crippen molar-refractivity contribution in [3.8, 4) is 5.69 Å². The van der Waals surface area contributed by atoms with Crippen LogP contribution in [0.4, 0.5) is 13.2 Å². The van der Waals surface area contributed by atoms with E-state index in [-0.39, 0.29) is 17.0 Å². The lowest BCUT2D eigenvalue weighted by Crippen LogP contribution is -2.40. The number of nitrogens with zero attached hydrogens (tertiary/aromatic N) is 4. The van der Waals surface area contributed by atoms with Gasteiger partial charge in [-0.2, -0.15) is 17.5 Å². The molecule has 1 aliphatic rings. The van der Waals surface area contributed by atoms with Gasteiger partial charge in [-0.25, -0.2) is 9.36 Å². The van der Waals surface area contributed by atoms with Crippen LogP contribution in [-0.2, 0) is 13.2 Å². The molecule has 12 heteroatoms. The summed E-state index contributed by atoms with van der Waals surface area (Å²) in [6.07, 6.45) is -4.84. The molecule has 3 heterocycles. The van der Waals surface area contributed by atoms with Gasteiger partial charge < -0.3 is 4.90 Å². The predicted molar refractivity (Wildman–Crippen MR) is 128 cm³/mol. The van der Waals surface area contributed by atoms with Crippen LogP contribution in [0.3, 0.4) is 0 Å². The first-order chi connectivity index (χ1) is 16.7. The highest BCUT2D eigenvalue weighted by Crippen LogP contribution is 2.42. The summed E-state index contributed by atoms with van der Waals surface area (Å²) in [5.41, 5.74) is -2.22. The number of halogens is 3. The van der Waals surface area contributed by atoms with Gasteiger partial charge in [0, 0.05) is 36.4 Å². The van der Waals surface area contributed by atoms with E-state index in [1.165, 1.54) is 17.6 Å². The molecule has 0 saturated carbocycles. The van der Waals surface area contributed by atoms with Gasteiger partial charge in [0.2, 0.25) is 0 Å². The number of carbonyl (C=O) groups is 1. The third-order valence-corrected chi connectivity index (χ3v) is 7.81. The molecule has 0 bridgehead atoms. The Morgan fingerprint density at radius 1 is 1.09 bits per heavy atom. The van der Waals surface area contributed by atoms with Gasteiger partial charge in [-0.05, 0) is 41.9 Å². The lowest BCUT2D eigenvalue weighted by atomic mass is 10.1. The molecule has 1 aliphatic heterocycles. The van der Waals surface area contributed by atoms with Crippen molar-refractivity contribution in [2.24, 2.45) is 7.05 Å². The Balaban J connectivity index is 1.59. The van der Waals surface area contributed by atoms with Gasteiger partial charge in [-0.15, -0.1) is 11.8 Å². The Labute approximate surface area is 204 Å². The van der Waals surface area contributed by atoms with Crippen LogP contribution in [0.1, 0.15) is 27.1 Å². The standard InChI is InChI=1S/C23H17F3N4O3S2/c1-28-17(23(24,25)26)12-18(31)30(22(28)33)14-7-8-16-15(11-14)19(27-35-16)21-29(9-10-34-21)20(32)13-5-3-2-4-6-13/h2-8,11-12,21H,9-10H2,1H3. The SMILES string of the molecule is Cn1c(C(F)(F)F)cc(=O)n(-c2ccc3snc(C4SCCN4C(=O)c4ccccc4)c3c2)c1=O. The zero-order valence-electron chi connectivity index (χ0n) is 18.2. The van der Waals surface area contributed by atoms with Crippen LogP contribution in [0, 0.1) is 0 Å². The van der Waals surface area contributed by atoms with Gasteiger partial charge in [0.15, 0.2) is 0 Å². The highest BCUT2D eigenvalue weighted by Gasteiger charge is 2.36. The van der Waals surface area contributed by atoms with Crippen LogP contribution < -0.4 is 11.2 Å². The second-order valence-corrected chi connectivity index (χ2v) is 9.87. The van der Waals surface area contributed by atoms with E-state index in [9.17, 15) is 27.6 Å². The Kier molecular flexibility index (Phi) is 5.80. The monoisotopic (exact) mass is 518 g/mol. The third-order valence-electron chi connectivity index (χ3n) is 5.76. The zero-order chi connectivity index (χ0) is 24.9. The van der Waals surface area contributed by atoms with E-state index in [4.69, 9.17) is 0 Å². The van der Waals surface area contributed by atoms with E-state index in [2.05, 4.69) is 4.37 Å². The molecule has 0 aliphatic carbocycles. The summed E-state index contributed by atoms with van der Waals surface area (Å²) in [4.78, 5) is 40.1. The molecule has 5 rings (SSSR count). The Bertz CT molecular complexity index is 1560. The smallest absolute Gasteiger partial charge is 0.320 e. The number of thioether (sulfide) groups is 1.